The van der Waals surface area contributed by atoms with Crippen LogP contribution in [0.15, 0.2) is 71.5 Å². The van der Waals surface area contributed by atoms with Gasteiger partial charge < -0.3 is 11.1 Å². The first-order chi connectivity index (χ1) is 13.7. The lowest BCUT2D eigenvalue weighted by Gasteiger charge is -2.22. The number of anilines is 2. The Bertz CT molecular complexity index is 1070. The third-order valence-electron chi connectivity index (χ3n) is 4.71. The first-order valence-electron chi connectivity index (χ1n) is 9.06. The van der Waals surface area contributed by atoms with Crippen LogP contribution < -0.4 is 11.1 Å². The van der Waals surface area contributed by atoms with E-state index in [2.05, 4.69) is 15.3 Å². The van der Waals surface area contributed by atoms with Crippen LogP contribution >= 0.6 is 11.6 Å². The maximum Gasteiger partial charge on any atom is 0.227 e. The van der Waals surface area contributed by atoms with Crippen molar-refractivity contribution in [2.45, 2.75) is 12.8 Å². The van der Waals surface area contributed by atoms with Crippen molar-refractivity contribution in [1.82, 2.24) is 9.97 Å². The molecule has 5 nitrogen and oxygen atoms in total. The van der Waals surface area contributed by atoms with Crippen LogP contribution in [-0.4, -0.2) is 22.7 Å². The molecule has 0 amide bonds. The summed E-state index contributed by atoms with van der Waals surface area (Å²) < 4.78 is 0. The lowest BCUT2D eigenvalue weighted by Crippen LogP contribution is -2.20. The molecule has 140 valence electrons. The maximum atomic E-state index is 6.43. The fourth-order valence-corrected chi connectivity index (χ4v) is 3.52. The summed E-state index contributed by atoms with van der Waals surface area (Å²) in [7, 11) is 1.78. The second kappa shape index (κ2) is 7.82. The fraction of sp³-hybridized carbons (Fsp3) is 0.136. The molecule has 4 rings (SSSR count). The smallest absolute Gasteiger partial charge is 0.227 e. The Morgan fingerprint density at radius 2 is 1.82 bits per heavy atom. The largest absolute Gasteiger partial charge is 0.401 e. The highest BCUT2D eigenvalue weighted by Gasteiger charge is 2.24. The van der Waals surface area contributed by atoms with Gasteiger partial charge in [-0.05, 0) is 30.5 Å². The molecular weight excluding hydrogens is 370 g/mol. The topological polar surface area (TPSA) is 76.2 Å². The number of aromatic nitrogens is 2. The van der Waals surface area contributed by atoms with E-state index in [0.717, 1.165) is 52.3 Å². The van der Waals surface area contributed by atoms with E-state index in [0.29, 0.717) is 11.0 Å². The minimum atomic E-state index is 0.475. The number of aliphatic imine (C=N–C) groups is 1. The minimum absolute atomic E-state index is 0.475. The van der Waals surface area contributed by atoms with Gasteiger partial charge in [0.05, 0.1) is 22.1 Å². The van der Waals surface area contributed by atoms with Crippen LogP contribution in [0.25, 0.3) is 5.57 Å². The highest BCUT2D eigenvalue weighted by atomic mass is 35.5. The van der Waals surface area contributed by atoms with E-state index >= 15 is 0 Å². The minimum Gasteiger partial charge on any atom is -0.401 e. The van der Waals surface area contributed by atoms with Gasteiger partial charge in [-0.3, -0.25) is 4.99 Å². The predicted octanol–water partition coefficient (Wildman–Crippen LogP) is 4.61. The monoisotopic (exact) mass is 389 g/mol. The Labute approximate surface area is 169 Å². The zero-order valence-corrected chi connectivity index (χ0v) is 16.2. The molecule has 3 aromatic rings. The normalized spacial score (nSPS) is 14.0. The van der Waals surface area contributed by atoms with Gasteiger partial charge in [0.2, 0.25) is 5.95 Å². The summed E-state index contributed by atoms with van der Waals surface area (Å²) in [4.78, 5) is 13.8. The van der Waals surface area contributed by atoms with E-state index in [1.54, 1.807) is 7.05 Å². The Kier molecular flexibility index (Phi) is 5.08. The number of hydrogen-bond donors (Lipinski definition) is 2. The molecule has 0 atom stereocenters. The van der Waals surface area contributed by atoms with Gasteiger partial charge in [0, 0.05) is 30.1 Å². The summed E-state index contributed by atoms with van der Waals surface area (Å²) in [6, 6.07) is 17.5. The van der Waals surface area contributed by atoms with E-state index in [9.17, 15) is 0 Å². The van der Waals surface area contributed by atoms with Crippen LogP contribution in [0, 0.1) is 0 Å². The molecule has 0 spiro atoms. The van der Waals surface area contributed by atoms with Crippen LogP contribution in [0.5, 0.6) is 0 Å². The highest BCUT2D eigenvalue weighted by molar-refractivity contribution is 6.33. The van der Waals surface area contributed by atoms with Crippen molar-refractivity contribution in [3.63, 3.8) is 0 Å². The van der Waals surface area contributed by atoms with E-state index in [-0.39, 0.29) is 0 Å². The molecule has 0 saturated heterocycles. The second-order valence-electron chi connectivity index (χ2n) is 6.51. The Morgan fingerprint density at radius 3 is 2.57 bits per heavy atom. The molecular formula is C22H20ClN5. The molecule has 6 heteroatoms. The Morgan fingerprint density at radius 1 is 1.07 bits per heavy atom. The number of benzene rings is 2. The van der Waals surface area contributed by atoms with E-state index in [1.807, 2.05) is 60.8 Å². The molecule has 1 aliphatic carbocycles. The van der Waals surface area contributed by atoms with Gasteiger partial charge in [0.15, 0.2) is 0 Å². The van der Waals surface area contributed by atoms with Gasteiger partial charge in [-0.25, -0.2) is 9.97 Å². The first-order valence-corrected chi connectivity index (χ1v) is 9.44. The van der Waals surface area contributed by atoms with Crippen molar-refractivity contribution >= 4 is 34.5 Å². The average molecular weight is 390 g/mol. The number of fused-ring (bicyclic) bond motifs is 1. The third-order valence-corrected chi connectivity index (χ3v) is 5.04. The van der Waals surface area contributed by atoms with Crippen LogP contribution in [0.1, 0.15) is 23.2 Å². The molecule has 0 saturated carbocycles. The quantitative estimate of drug-likeness (QED) is 0.639. The van der Waals surface area contributed by atoms with Gasteiger partial charge in [-0.15, -0.1) is 0 Å². The van der Waals surface area contributed by atoms with Crippen LogP contribution in [0.2, 0.25) is 5.02 Å². The van der Waals surface area contributed by atoms with Gasteiger partial charge in [-0.2, -0.15) is 0 Å². The fourth-order valence-electron chi connectivity index (χ4n) is 3.34. The Balaban J connectivity index is 1.78. The summed E-state index contributed by atoms with van der Waals surface area (Å²) in [5, 5.41) is 3.81. The summed E-state index contributed by atoms with van der Waals surface area (Å²) in [5.74, 6) is 0.475. The lowest BCUT2D eigenvalue weighted by molar-refractivity contribution is 0.881. The average Bonchev–Trinajstić information content (AvgIpc) is 2.73. The number of aryl methyl sites for hydroxylation is 1. The number of halogens is 1. The summed E-state index contributed by atoms with van der Waals surface area (Å²) in [6.45, 7) is 0. The summed E-state index contributed by atoms with van der Waals surface area (Å²) in [6.07, 6.45) is 3.42. The number of nitrogens with zero attached hydrogens (tertiary/aromatic N) is 3. The molecule has 2 aromatic carbocycles. The third kappa shape index (κ3) is 3.49. The lowest BCUT2D eigenvalue weighted by atomic mass is 9.88. The number of nitrogens with two attached hydrogens (primary N) is 1. The summed E-state index contributed by atoms with van der Waals surface area (Å²) in [5.41, 5.74) is 12.6. The van der Waals surface area contributed by atoms with Gasteiger partial charge in [0.1, 0.15) is 0 Å². The van der Waals surface area contributed by atoms with E-state index < -0.39 is 0 Å². The molecule has 1 heterocycles. The number of nitrogens with one attached hydrogen (secondary N) is 1. The SMILES string of the molecule is CN=C(C1=C(N)CCc2cnc(Nc3ccccc3Cl)nc21)c1ccccc1. The molecule has 0 unspecified atom stereocenters. The second-order valence-corrected chi connectivity index (χ2v) is 6.92. The number of para-hydroxylation sites is 1. The van der Waals surface area contributed by atoms with E-state index in [1.165, 1.54) is 0 Å². The zero-order chi connectivity index (χ0) is 19.5. The molecule has 3 N–H and O–H groups in total. The van der Waals surface area contributed by atoms with Crippen LogP contribution in [0.3, 0.4) is 0 Å². The van der Waals surface area contributed by atoms with Crippen molar-refractivity contribution < 1.29 is 0 Å². The van der Waals surface area contributed by atoms with Crippen molar-refractivity contribution in [2.75, 3.05) is 12.4 Å². The molecule has 0 aliphatic heterocycles. The van der Waals surface area contributed by atoms with Gasteiger partial charge >= 0.3 is 0 Å². The van der Waals surface area contributed by atoms with Crippen LogP contribution in [-0.2, 0) is 6.42 Å². The molecule has 1 aliphatic rings. The predicted molar refractivity (Wildman–Crippen MR) is 115 cm³/mol. The molecule has 0 radical (unpaired) electrons. The maximum absolute atomic E-state index is 6.43. The number of hydrogen-bond acceptors (Lipinski definition) is 5. The highest BCUT2D eigenvalue weighted by Crippen LogP contribution is 2.32. The van der Waals surface area contributed by atoms with Crippen LogP contribution in [0.4, 0.5) is 11.6 Å². The number of rotatable bonds is 4. The molecule has 1 aromatic heterocycles. The van der Waals surface area contributed by atoms with Gasteiger partial charge in [0.25, 0.3) is 0 Å². The number of allylic oxidation sites excluding steroid dienone is 2. The molecule has 0 bridgehead atoms. The van der Waals surface area contributed by atoms with E-state index in [4.69, 9.17) is 22.3 Å². The zero-order valence-electron chi connectivity index (χ0n) is 15.5. The standard InChI is InChI=1S/C22H20ClN5/c1-25-20(14-7-3-2-4-8-14)19-17(24)12-11-15-13-26-22(28-21(15)19)27-18-10-6-5-9-16(18)23/h2-10,13H,11-12,24H2,1H3,(H,26,27,28). The van der Waals surface area contributed by atoms with Crippen molar-refractivity contribution in [3.8, 4) is 0 Å². The Hall–Kier alpha value is -3.18. The molecule has 0 fully saturated rings. The van der Waals surface area contributed by atoms with Crippen molar-refractivity contribution in [3.05, 3.63) is 88.3 Å². The summed E-state index contributed by atoms with van der Waals surface area (Å²) >= 11 is 6.26. The van der Waals surface area contributed by atoms with Crippen molar-refractivity contribution in [2.24, 2.45) is 10.7 Å². The van der Waals surface area contributed by atoms with Gasteiger partial charge in [-0.1, -0.05) is 54.1 Å². The van der Waals surface area contributed by atoms with Crippen molar-refractivity contribution in [1.29, 1.82) is 0 Å². The first kappa shape index (κ1) is 18.2. The molecule has 28 heavy (non-hydrogen) atoms.